The first-order valence-electron chi connectivity index (χ1n) is 5.40. The van der Waals surface area contributed by atoms with Crippen LogP contribution in [0.5, 0.6) is 5.75 Å². The van der Waals surface area contributed by atoms with Gasteiger partial charge in [-0.05, 0) is 24.6 Å². The minimum absolute atomic E-state index is 0.0967. The third-order valence-corrected chi connectivity index (χ3v) is 2.41. The van der Waals surface area contributed by atoms with Gasteiger partial charge in [-0.15, -0.1) is 0 Å². The van der Waals surface area contributed by atoms with E-state index >= 15 is 0 Å². The zero-order chi connectivity index (χ0) is 14.0. The van der Waals surface area contributed by atoms with E-state index in [2.05, 4.69) is 10.3 Å². The lowest BCUT2D eigenvalue weighted by Gasteiger charge is -2.07. The van der Waals surface area contributed by atoms with Crippen LogP contribution < -0.4 is 16.6 Å². The number of H-pyrrole nitrogens is 2. The van der Waals surface area contributed by atoms with E-state index in [4.69, 9.17) is 0 Å². The van der Waals surface area contributed by atoms with E-state index in [9.17, 15) is 19.5 Å². The molecule has 0 saturated heterocycles. The molecule has 7 heteroatoms. The first-order valence-corrected chi connectivity index (χ1v) is 5.40. The van der Waals surface area contributed by atoms with Gasteiger partial charge in [-0.1, -0.05) is 6.07 Å². The lowest BCUT2D eigenvalue weighted by Crippen LogP contribution is -2.27. The molecule has 0 aliphatic heterocycles. The number of aromatic amines is 2. The molecule has 0 spiro atoms. The van der Waals surface area contributed by atoms with Crippen LogP contribution in [0.4, 0.5) is 5.69 Å². The van der Waals surface area contributed by atoms with Gasteiger partial charge in [0.15, 0.2) is 0 Å². The number of anilines is 1. The Bertz CT molecular complexity index is 717. The predicted molar refractivity (Wildman–Crippen MR) is 68.5 cm³/mol. The zero-order valence-electron chi connectivity index (χ0n) is 9.98. The lowest BCUT2D eigenvalue weighted by atomic mass is 10.2. The molecule has 1 amide bonds. The zero-order valence-corrected chi connectivity index (χ0v) is 9.98. The summed E-state index contributed by atoms with van der Waals surface area (Å²) in [6.07, 6.45) is 0. The second kappa shape index (κ2) is 4.81. The topological polar surface area (TPSA) is 115 Å². The summed E-state index contributed by atoms with van der Waals surface area (Å²) in [4.78, 5) is 38.1. The minimum atomic E-state index is -0.772. The number of aromatic nitrogens is 2. The van der Waals surface area contributed by atoms with Crippen LogP contribution in [0.3, 0.4) is 0 Å². The number of hydrogen-bond acceptors (Lipinski definition) is 4. The van der Waals surface area contributed by atoms with Gasteiger partial charge in [0.05, 0.1) is 5.69 Å². The molecule has 0 atom stereocenters. The molecule has 19 heavy (non-hydrogen) atoms. The second-order valence-electron chi connectivity index (χ2n) is 3.98. The number of carbonyl (C=O) groups is 1. The molecule has 4 N–H and O–H groups in total. The van der Waals surface area contributed by atoms with Gasteiger partial charge in [0.25, 0.3) is 11.5 Å². The smallest absolute Gasteiger partial charge is 0.326 e. The number of amides is 1. The maximum Gasteiger partial charge on any atom is 0.326 e. The summed E-state index contributed by atoms with van der Waals surface area (Å²) in [7, 11) is 0. The van der Waals surface area contributed by atoms with E-state index in [0.29, 0.717) is 0 Å². The Morgan fingerprint density at radius 3 is 2.58 bits per heavy atom. The van der Waals surface area contributed by atoms with Crippen molar-refractivity contribution >= 4 is 11.6 Å². The van der Waals surface area contributed by atoms with Crippen molar-refractivity contribution in [1.29, 1.82) is 0 Å². The van der Waals surface area contributed by atoms with Crippen LogP contribution in [0, 0.1) is 6.92 Å². The van der Waals surface area contributed by atoms with Crippen molar-refractivity contribution in [1.82, 2.24) is 9.97 Å². The lowest BCUT2D eigenvalue weighted by molar-refractivity contribution is 0.102. The van der Waals surface area contributed by atoms with Crippen LogP contribution in [0.25, 0.3) is 0 Å². The number of phenols is 1. The van der Waals surface area contributed by atoms with Crippen LogP contribution in [0.2, 0.25) is 0 Å². The summed E-state index contributed by atoms with van der Waals surface area (Å²) < 4.78 is 0. The van der Waals surface area contributed by atoms with Crippen molar-refractivity contribution in [2.24, 2.45) is 0 Å². The molecule has 98 valence electrons. The summed E-state index contributed by atoms with van der Waals surface area (Å²) in [6, 6.07) is 5.67. The van der Waals surface area contributed by atoms with Gasteiger partial charge >= 0.3 is 5.69 Å². The molecule has 2 rings (SSSR count). The van der Waals surface area contributed by atoms with E-state index in [1.54, 1.807) is 13.0 Å². The summed E-state index contributed by atoms with van der Waals surface area (Å²) in [5, 5.41) is 12.0. The molecule has 0 radical (unpaired) electrons. The first-order chi connectivity index (χ1) is 8.95. The van der Waals surface area contributed by atoms with Crippen molar-refractivity contribution in [3.8, 4) is 5.75 Å². The molecule has 2 aromatic rings. The summed E-state index contributed by atoms with van der Waals surface area (Å²) in [5.74, 6) is -0.789. The van der Waals surface area contributed by atoms with Gasteiger partial charge in [0, 0.05) is 6.07 Å². The van der Waals surface area contributed by atoms with Gasteiger partial charge in [-0.25, -0.2) is 4.79 Å². The number of nitrogens with one attached hydrogen (secondary N) is 3. The Kier molecular flexibility index (Phi) is 3.19. The molecule has 0 aliphatic rings. The average molecular weight is 261 g/mol. The SMILES string of the molecule is Cc1ccc(NC(=O)c2cc(=O)[nH]c(=O)[nH]2)c(O)c1. The highest BCUT2D eigenvalue weighted by atomic mass is 16.3. The van der Waals surface area contributed by atoms with Crippen LogP contribution in [0.15, 0.2) is 33.9 Å². The molecule has 0 saturated carbocycles. The quantitative estimate of drug-likeness (QED) is 0.583. The monoisotopic (exact) mass is 261 g/mol. The van der Waals surface area contributed by atoms with E-state index in [1.165, 1.54) is 12.1 Å². The number of phenolic OH excluding ortho intramolecular Hbond substituents is 1. The third kappa shape index (κ3) is 2.89. The molecular formula is C12H11N3O4. The summed E-state index contributed by atoms with van der Waals surface area (Å²) in [6.45, 7) is 1.79. The van der Waals surface area contributed by atoms with Crippen molar-refractivity contribution in [2.45, 2.75) is 6.92 Å². The Morgan fingerprint density at radius 1 is 1.21 bits per heavy atom. The number of rotatable bonds is 2. The highest BCUT2D eigenvalue weighted by molar-refractivity contribution is 6.03. The molecule has 0 aliphatic carbocycles. The van der Waals surface area contributed by atoms with Crippen LogP contribution >= 0.6 is 0 Å². The highest BCUT2D eigenvalue weighted by Crippen LogP contribution is 2.23. The van der Waals surface area contributed by atoms with Gasteiger partial charge in [-0.3, -0.25) is 14.6 Å². The Morgan fingerprint density at radius 2 is 1.95 bits per heavy atom. The maximum absolute atomic E-state index is 11.8. The standard InChI is InChI=1S/C12H11N3O4/c1-6-2-3-7(9(16)4-6)13-11(18)8-5-10(17)15-12(19)14-8/h2-5,16H,1H3,(H,13,18)(H2,14,15,17,19). The molecule has 1 heterocycles. The minimum Gasteiger partial charge on any atom is -0.506 e. The van der Waals surface area contributed by atoms with Crippen LogP contribution in [0.1, 0.15) is 16.1 Å². The fourth-order valence-electron chi connectivity index (χ4n) is 1.53. The average Bonchev–Trinajstić information content (AvgIpc) is 2.31. The maximum atomic E-state index is 11.8. The fraction of sp³-hybridized carbons (Fsp3) is 0.0833. The van der Waals surface area contributed by atoms with Crippen molar-refractivity contribution in [3.63, 3.8) is 0 Å². The normalized spacial score (nSPS) is 10.2. The number of carbonyl (C=O) groups excluding carboxylic acids is 1. The molecule has 0 unspecified atom stereocenters. The largest absolute Gasteiger partial charge is 0.506 e. The number of hydrogen-bond donors (Lipinski definition) is 4. The molecule has 7 nitrogen and oxygen atoms in total. The Balaban J connectivity index is 2.30. The molecule has 0 fully saturated rings. The Labute approximate surface area is 106 Å². The van der Waals surface area contributed by atoms with Crippen molar-refractivity contribution in [3.05, 3.63) is 56.4 Å². The van der Waals surface area contributed by atoms with Crippen LogP contribution in [-0.4, -0.2) is 21.0 Å². The number of benzene rings is 1. The summed E-state index contributed by atoms with van der Waals surface area (Å²) in [5.41, 5.74) is -0.613. The molecular weight excluding hydrogens is 250 g/mol. The van der Waals surface area contributed by atoms with Gasteiger partial charge < -0.3 is 15.4 Å². The van der Waals surface area contributed by atoms with Gasteiger partial charge in [0.1, 0.15) is 11.4 Å². The number of aryl methyl sites for hydroxylation is 1. The van der Waals surface area contributed by atoms with Gasteiger partial charge in [0.2, 0.25) is 0 Å². The predicted octanol–water partition coefficient (Wildman–Crippen LogP) is 0.330. The third-order valence-electron chi connectivity index (χ3n) is 2.41. The van der Waals surface area contributed by atoms with E-state index in [1.807, 2.05) is 4.98 Å². The number of aromatic hydroxyl groups is 1. The fourth-order valence-corrected chi connectivity index (χ4v) is 1.53. The molecule has 1 aromatic heterocycles. The highest BCUT2D eigenvalue weighted by Gasteiger charge is 2.10. The summed E-state index contributed by atoms with van der Waals surface area (Å²) >= 11 is 0. The first kappa shape index (κ1) is 12.6. The van der Waals surface area contributed by atoms with E-state index in [0.717, 1.165) is 11.6 Å². The van der Waals surface area contributed by atoms with Crippen LogP contribution in [-0.2, 0) is 0 Å². The van der Waals surface area contributed by atoms with Crippen molar-refractivity contribution < 1.29 is 9.90 Å². The molecule has 0 bridgehead atoms. The molecule has 1 aromatic carbocycles. The second-order valence-corrected chi connectivity index (χ2v) is 3.98. The van der Waals surface area contributed by atoms with Crippen molar-refractivity contribution in [2.75, 3.05) is 5.32 Å². The van der Waals surface area contributed by atoms with E-state index < -0.39 is 17.2 Å². The Hall–Kier alpha value is -2.83. The van der Waals surface area contributed by atoms with E-state index in [-0.39, 0.29) is 17.1 Å². The van der Waals surface area contributed by atoms with Gasteiger partial charge in [-0.2, -0.15) is 0 Å².